The van der Waals surface area contributed by atoms with Gasteiger partial charge in [0.25, 0.3) is 11.5 Å². The Kier molecular flexibility index (Phi) is 9.03. The van der Waals surface area contributed by atoms with Gasteiger partial charge in [0.1, 0.15) is 11.4 Å². The van der Waals surface area contributed by atoms with Gasteiger partial charge in [-0.2, -0.15) is 4.98 Å². The minimum Gasteiger partial charge on any atom is -0.481 e. The van der Waals surface area contributed by atoms with Gasteiger partial charge in [0.05, 0.1) is 18.6 Å². The highest BCUT2D eigenvalue weighted by atomic mass is 31.2. The Morgan fingerprint density at radius 3 is 2.44 bits per heavy atom. The summed E-state index contributed by atoms with van der Waals surface area (Å²) in [5, 5.41) is 12.1. The van der Waals surface area contributed by atoms with Crippen molar-refractivity contribution in [2.75, 3.05) is 18.9 Å². The predicted molar refractivity (Wildman–Crippen MR) is 134 cm³/mol. The second-order valence-corrected chi connectivity index (χ2v) is 10.2. The first-order chi connectivity index (χ1) is 17.2. The molecule has 0 saturated heterocycles. The van der Waals surface area contributed by atoms with E-state index in [0.717, 1.165) is 11.1 Å². The van der Waals surface area contributed by atoms with E-state index >= 15 is 0 Å². The monoisotopic (exact) mass is 519 g/mol. The van der Waals surface area contributed by atoms with Crippen LogP contribution >= 0.6 is 7.60 Å². The number of carbonyl (C=O) groups is 2. The van der Waals surface area contributed by atoms with Gasteiger partial charge in [0.15, 0.2) is 0 Å². The van der Waals surface area contributed by atoms with Crippen LogP contribution in [0.5, 0.6) is 0 Å². The van der Waals surface area contributed by atoms with Gasteiger partial charge in [-0.05, 0) is 56.4 Å². The van der Waals surface area contributed by atoms with E-state index in [2.05, 4.69) is 20.3 Å². The number of nitrogens with two attached hydrogens (primary N) is 1. The highest BCUT2D eigenvalue weighted by molar-refractivity contribution is 7.54. The van der Waals surface area contributed by atoms with Crippen LogP contribution in [0.1, 0.15) is 48.2 Å². The number of nitrogen functional groups attached to an aromatic ring is 1. The van der Waals surface area contributed by atoms with Crippen LogP contribution in [0.25, 0.3) is 11.0 Å². The summed E-state index contributed by atoms with van der Waals surface area (Å²) in [6.07, 6.45) is 2.46. The fourth-order valence-corrected chi connectivity index (χ4v) is 5.68. The lowest BCUT2D eigenvalue weighted by Crippen LogP contribution is -2.36. The molecule has 3 aromatic rings. The Balaban J connectivity index is 1.70. The fraction of sp³-hybridized carbons (Fsp3) is 0.391. The highest BCUT2D eigenvalue weighted by Gasteiger charge is 2.37. The minimum atomic E-state index is -3.77. The second kappa shape index (κ2) is 12.0. The maximum atomic E-state index is 13.2. The van der Waals surface area contributed by atoms with Crippen molar-refractivity contribution in [1.82, 2.24) is 20.3 Å². The average Bonchev–Trinajstić information content (AvgIpc) is 3.23. The van der Waals surface area contributed by atoms with Gasteiger partial charge in [-0.15, -0.1) is 0 Å². The molecule has 36 heavy (non-hydrogen) atoms. The van der Waals surface area contributed by atoms with Crippen LogP contribution in [0.2, 0.25) is 0 Å². The molecule has 3 rings (SSSR count). The molecule has 1 atom stereocenters. The first kappa shape index (κ1) is 27.1. The SMILES string of the molecule is CCOP(=O)(OCC)[C@H](CCC(=O)O)NC(=O)c1ccc(CCc2c[nH]c3nc(N)[nH]c(=O)c23)cc1. The molecular formula is C23H30N5O7P. The zero-order valence-electron chi connectivity index (χ0n) is 20.1. The zero-order chi connectivity index (χ0) is 26.3. The lowest BCUT2D eigenvalue weighted by Gasteiger charge is -2.26. The number of benzene rings is 1. The summed E-state index contributed by atoms with van der Waals surface area (Å²) in [7, 11) is -3.77. The molecule has 0 spiro atoms. The van der Waals surface area contributed by atoms with Crippen LogP contribution in [0.3, 0.4) is 0 Å². The molecule has 12 nitrogen and oxygen atoms in total. The maximum absolute atomic E-state index is 13.2. The summed E-state index contributed by atoms with van der Waals surface area (Å²) in [5.74, 6) is -2.68. The van der Waals surface area contributed by atoms with Crippen molar-refractivity contribution in [3.05, 3.63) is 57.5 Å². The molecule has 194 valence electrons. The Morgan fingerprint density at radius 2 is 1.83 bits per heavy atom. The van der Waals surface area contributed by atoms with Gasteiger partial charge in [0, 0.05) is 18.2 Å². The van der Waals surface area contributed by atoms with Crippen LogP contribution < -0.4 is 16.6 Å². The van der Waals surface area contributed by atoms with Crippen molar-refractivity contribution in [3.63, 3.8) is 0 Å². The number of H-pyrrole nitrogens is 2. The molecule has 2 aromatic heterocycles. The predicted octanol–water partition coefficient (Wildman–Crippen LogP) is 2.81. The lowest BCUT2D eigenvalue weighted by atomic mass is 10.0. The molecule has 2 heterocycles. The average molecular weight is 519 g/mol. The van der Waals surface area contributed by atoms with E-state index in [-0.39, 0.29) is 37.6 Å². The third-order valence-electron chi connectivity index (χ3n) is 5.47. The largest absolute Gasteiger partial charge is 0.481 e. The molecule has 13 heteroatoms. The number of aryl methyl sites for hydroxylation is 2. The lowest BCUT2D eigenvalue weighted by molar-refractivity contribution is -0.137. The normalized spacial score (nSPS) is 12.5. The summed E-state index contributed by atoms with van der Waals surface area (Å²) >= 11 is 0. The van der Waals surface area contributed by atoms with Crippen molar-refractivity contribution in [1.29, 1.82) is 0 Å². The number of hydrogen-bond acceptors (Lipinski definition) is 8. The van der Waals surface area contributed by atoms with E-state index < -0.39 is 25.3 Å². The Bertz CT molecular complexity index is 1310. The van der Waals surface area contributed by atoms with Crippen molar-refractivity contribution in [2.45, 2.75) is 45.3 Å². The quantitative estimate of drug-likeness (QED) is 0.211. The number of carbonyl (C=O) groups excluding carboxylic acids is 1. The fourth-order valence-electron chi connectivity index (χ4n) is 3.80. The first-order valence-corrected chi connectivity index (χ1v) is 13.1. The molecule has 1 amide bonds. The maximum Gasteiger partial charge on any atom is 0.352 e. The molecule has 0 bridgehead atoms. The number of anilines is 1. The van der Waals surface area contributed by atoms with E-state index in [4.69, 9.17) is 19.9 Å². The van der Waals surface area contributed by atoms with Crippen LogP contribution in [0.15, 0.2) is 35.3 Å². The van der Waals surface area contributed by atoms with Crippen LogP contribution in [-0.2, 0) is 31.2 Å². The first-order valence-electron chi connectivity index (χ1n) is 11.5. The summed E-state index contributed by atoms with van der Waals surface area (Å²) in [6, 6.07) is 6.80. The third kappa shape index (κ3) is 6.60. The Labute approximate surface area is 207 Å². The van der Waals surface area contributed by atoms with Gasteiger partial charge in [-0.1, -0.05) is 12.1 Å². The molecular weight excluding hydrogens is 489 g/mol. The van der Waals surface area contributed by atoms with Crippen LogP contribution in [-0.4, -0.2) is 50.9 Å². The minimum absolute atomic E-state index is 0.0406. The van der Waals surface area contributed by atoms with E-state index in [1.807, 2.05) is 0 Å². The van der Waals surface area contributed by atoms with Gasteiger partial charge in [-0.3, -0.25) is 23.9 Å². The number of aliphatic carboxylic acids is 1. The molecule has 0 unspecified atom stereocenters. The number of carboxylic acids is 1. The summed E-state index contributed by atoms with van der Waals surface area (Å²) < 4.78 is 23.8. The molecule has 1 aromatic carbocycles. The number of nitrogens with zero attached hydrogens (tertiary/aromatic N) is 1. The molecule has 0 radical (unpaired) electrons. The molecule has 0 aliphatic carbocycles. The number of nitrogens with one attached hydrogen (secondary N) is 3. The number of aromatic nitrogens is 3. The number of amides is 1. The smallest absolute Gasteiger partial charge is 0.352 e. The van der Waals surface area contributed by atoms with Gasteiger partial charge in [-0.25, -0.2) is 0 Å². The third-order valence-corrected chi connectivity index (χ3v) is 7.86. The van der Waals surface area contributed by atoms with E-state index in [1.54, 1.807) is 44.3 Å². The van der Waals surface area contributed by atoms with Gasteiger partial charge >= 0.3 is 13.6 Å². The Morgan fingerprint density at radius 1 is 1.17 bits per heavy atom. The molecule has 0 aliphatic heterocycles. The number of aromatic amines is 2. The van der Waals surface area contributed by atoms with E-state index in [1.165, 1.54) is 0 Å². The molecule has 0 aliphatic rings. The van der Waals surface area contributed by atoms with E-state index in [0.29, 0.717) is 29.4 Å². The molecule has 0 saturated carbocycles. The Hall–Kier alpha value is -3.47. The van der Waals surface area contributed by atoms with Crippen molar-refractivity contribution in [2.24, 2.45) is 0 Å². The van der Waals surface area contributed by atoms with Crippen molar-refractivity contribution in [3.8, 4) is 0 Å². The van der Waals surface area contributed by atoms with Crippen molar-refractivity contribution < 1.29 is 28.3 Å². The number of fused-ring (bicyclic) bond motifs is 1. The molecule has 6 N–H and O–H groups in total. The standard InChI is InChI=1S/C23H30N5O7P/c1-3-34-36(33,35-4-2)17(11-12-18(29)30)26-21(31)15-8-5-14(6-9-15)7-10-16-13-25-20-19(16)22(32)28-23(24)27-20/h5-6,8-9,13,17H,3-4,7,10-12H2,1-2H3,(H,26,31)(H,29,30)(H4,24,25,27,28,32)/t17-/m1/s1. The van der Waals surface area contributed by atoms with E-state index in [9.17, 15) is 18.9 Å². The topological polar surface area (TPSA) is 189 Å². The number of rotatable bonds is 13. The number of carboxylic acid groups (broad SMARTS) is 1. The van der Waals surface area contributed by atoms with Gasteiger partial charge in [0.2, 0.25) is 5.95 Å². The van der Waals surface area contributed by atoms with Gasteiger partial charge < -0.3 is 30.2 Å². The highest BCUT2D eigenvalue weighted by Crippen LogP contribution is 2.53. The summed E-state index contributed by atoms with van der Waals surface area (Å²) in [4.78, 5) is 45.7. The summed E-state index contributed by atoms with van der Waals surface area (Å²) in [5.41, 5.74) is 7.72. The number of hydrogen-bond donors (Lipinski definition) is 5. The van der Waals surface area contributed by atoms with Crippen LogP contribution in [0, 0.1) is 0 Å². The van der Waals surface area contributed by atoms with Crippen LogP contribution in [0.4, 0.5) is 5.95 Å². The van der Waals surface area contributed by atoms with Crippen molar-refractivity contribution >= 4 is 36.5 Å². The summed E-state index contributed by atoms with van der Waals surface area (Å²) in [6.45, 7) is 3.44. The second-order valence-electron chi connectivity index (χ2n) is 7.98. The molecule has 0 fully saturated rings. The zero-order valence-corrected chi connectivity index (χ0v) is 21.0.